The molecule has 2 N–H and O–H groups in total. The van der Waals surface area contributed by atoms with Crippen molar-refractivity contribution in [3.05, 3.63) is 34.6 Å². The fraction of sp³-hybridized carbons (Fsp3) is 0.538. The van der Waals surface area contributed by atoms with Crippen LogP contribution in [0, 0.1) is 0 Å². The molecule has 1 aromatic rings. The van der Waals surface area contributed by atoms with Crippen LogP contribution in [0.2, 0.25) is 0 Å². The molecule has 24 heavy (non-hydrogen) atoms. The lowest BCUT2D eigenvalue weighted by Crippen LogP contribution is -2.32. The molecular formula is C13H18ClFN3O5P. The maximum Gasteiger partial charge on any atom is 0.353 e. The molecule has 2 heterocycles. The number of alkyl halides is 2. The van der Waals surface area contributed by atoms with Crippen molar-refractivity contribution in [2.75, 3.05) is 25.8 Å². The largest absolute Gasteiger partial charge is 0.383 e. The Balaban J connectivity index is 2.31. The molecule has 1 unspecified atom stereocenters. The first kappa shape index (κ1) is 19.1. The molecule has 0 aliphatic carbocycles. The maximum atomic E-state index is 14.5. The molecule has 0 spiro atoms. The number of hydrogen-bond acceptors (Lipinski definition) is 7. The molecule has 0 aromatic carbocycles. The van der Waals surface area contributed by atoms with Crippen molar-refractivity contribution in [2.45, 2.75) is 24.4 Å². The van der Waals surface area contributed by atoms with Crippen molar-refractivity contribution in [1.82, 2.24) is 9.55 Å². The van der Waals surface area contributed by atoms with Crippen LogP contribution in [-0.4, -0.2) is 41.4 Å². The van der Waals surface area contributed by atoms with Crippen molar-refractivity contribution in [3.63, 3.8) is 0 Å². The van der Waals surface area contributed by atoms with E-state index in [2.05, 4.69) is 4.98 Å². The lowest BCUT2D eigenvalue weighted by Gasteiger charge is -2.24. The number of halogens is 2. The summed E-state index contributed by atoms with van der Waals surface area (Å²) in [6.45, 7) is 0. The third kappa shape index (κ3) is 3.87. The lowest BCUT2D eigenvalue weighted by atomic mass is 10.0. The number of nitrogens with two attached hydrogens (primary N) is 1. The predicted molar refractivity (Wildman–Crippen MR) is 86.8 cm³/mol. The van der Waals surface area contributed by atoms with Gasteiger partial charge < -0.3 is 19.5 Å². The van der Waals surface area contributed by atoms with Gasteiger partial charge >= 0.3 is 13.3 Å². The number of nitrogens with zero attached hydrogens (tertiary/aromatic N) is 2. The molecule has 0 radical (unpaired) electrons. The molecule has 1 saturated heterocycles. The second kappa shape index (κ2) is 7.33. The Morgan fingerprint density at radius 2 is 2.29 bits per heavy atom. The van der Waals surface area contributed by atoms with Crippen LogP contribution >= 0.6 is 19.2 Å². The van der Waals surface area contributed by atoms with E-state index in [0.29, 0.717) is 0 Å². The summed E-state index contributed by atoms with van der Waals surface area (Å²) in [6.07, 6.45) is -0.247. The van der Waals surface area contributed by atoms with E-state index < -0.39 is 31.3 Å². The van der Waals surface area contributed by atoms with Crippen LogP contribution in [0.5, 0.6) is 0 Å². The molecule has 134 valence electrons. The number of ether oxygens (including phenoxy) is 1. The highest BCUT2D eigenvalue weighted by Gasteiger charge is 2.46. The van der Waals surface area contributed by atoms with E-state index in [4.69, 9.17) is 31.1 Å². The predicted octanol–water partition coefficient (Wildman–Crippen LogP) is 2.06. The minimum Gasteiger partial charge on any atom is -0.383 e. The number of nitrogen functional groups attached to an aromatic ring is 1. The Kier molecular flexibility index (Phi) is 5.83. The molecule has 2 rings (SSSR count). The van der Waals surface area contributed by atoms with Crippen LogP contribution in [0.25, 0.3) is 0 Å². The third-order valence-electron chi connectivity index (χ3n) is 3.63. The van der Waals surface area contributed by atoms with Crippen molar-refractivity contribution < 1.29 is 22.7 Å². The highest BCUT2D eigenvalue weighted by Crippen LogP contribution is 2.50. The van der Waals surface area contributed by atoms with Crippen LogP contribution in [0.4, 0.5) is 10.2 Å². The zero-order chi connectivity index (χ0) is 18.0. The minimum atomic E-state index is -3.46. The zero-order valence-electron chi connectivity index (χ0n) is 13.1. The van der Waals surface area contributed by atoms with Crippen molar-refractivity contribution in [3.8, 4) is 0 Å². The van der Waals surface area contributed by atoms with Crippen LogP contribution in [0.3, 0.4) is 0 Å². The smallest absolute Gasteiger partial charge is 0.353 e. The van der Waals surface area contributed by atoms with E-state index in [1.807, 2.05) is 0 Å². The standard InChI is InChI=1S/C13H18ClFN3O5P/c1-21-24(20,22-2)6-4-13(8-14)7-9(15)11(23-13)18-5-3-10(16)17-12(18)19/h3-6,9,11H,7-8H2,1-2H3,(H2,16,17,19)/b6-4+/t9?,11-,13-/m1/s1. The van der Waals surface area contributed by atoms with E-state index in [0.717, 1.165) is 10.4 Å². The van der Waals surface area contributed by atoms with Gasteiger partial charge in [0.15, 0.2) is 6.23 Å². The van der Waals surface area contributed by atoms with Crippen LogP contribution in [0.15, 0.2) is 29.0 Å². The Bertz CT molecular complexity index is 722. The summed E-state index contributed by atoms with van der Waals surface area (Å²) in [5.41, 5.74) is 3.41. The van der Waals surface area contributed by atoms with Gasteiger partial charge in [0.25, 0.3) is 0 Å². The number of aromatic nitrogens is 2. The van der Waals surface area contributed by atoms with Crippen molar-refractivity contribution in [1.29, 1.82) is 0 Å². The highest BCUT2D eigenvalue weighted by molar-refractivity contribution is 7.57. The monoisotopic (exact) mass is 381 g/mol. The van der Waals surface area contributed by atoms with Gasteiger partial charge in [-0.1, -0.05) is 0 Å². The average Bonchev–Trinajstić information content (AvgIpc) is 2.90. The second-order valence-electron chi connectivity index (χ2n) is 5.19. The van der Waals surface area contributed by atoms with Gasteiger partial charge in [-0.25, -0.2) is 9.18 Å². The van der Waals surface area contributed by atoms with Gasteiger partial charge in [0, 0.05) is 32.7 Å². The first-order chi connectivity index (χ1) is 11.3. The molecule has 1 aromatic heterocycles. The number of rotatable bonds is 6. The second-order valence-corrected chi connectivity index (χ2v) is 7.57. The average molecular weight is 382 g/mol. The quantitative estimate of drug-likeness (QED) is 0.593. The highest BCUT2D eigenvalue weighted by atomic mass is 35.5. The first-order valence-corrected chi connectivity index (χ1v) is 9.07. The zero-order valence-corrected chi connectivity index (χ0v) is 14.7. The van der Waals surface area contributed by atoms with Crippen molar-refractivity contribution in [2.24, 2.45) is 0 Å². The summed E-state index contributed by atoms with van der Waals surface area (Å²) >= 11 is 5.93. The van der Waals surface area contributed by atoms with Crippen LogP contribution < -0.4 is 11.4 Å². The van der Waals surface area contributed by atoms with Gasteiger partial charge in [0.2, 0.25) is 0 Å². The summed E-state index contributed by atoms with van der Waals surface area (Å²) in [4.78, 5) is 15.4. The molecule has 3 atom stereocenters. The summed E-state index contributed by atoms with van der Waals surface area (Å²) in [7, 11) is -1.02. The van der Waals surface area contributed by atoms with Gasteiger partial charge in [-0.3, -0.25) is 9.13 Å². The molecule has 11 heteroatoms. The van der Waals surface area contributed by atoms with E-state index in [9.17, 15) is 13.8 Å². The minimum absolute atomic E-state index is 0.0225. The topological polar surface area (TPSA) is 106 Å². The Labute approximate surface area is 142 Å². The van der Waals surface area contributed by atoms with E-state index in [1.165, 1.54) is 32.6 Å². The molecule has 1 fully saturated rings. The normalized spacial score (nSPS) is 27.8. The maximum absolute atomic E-state index is 14.5. The Morgan fingerprint density at radius 1 is 1.62 bits per heavy atom. The number of anilines is 1. The fourth-order valence-electron chi connectivity index (χ4n) is 2.31. The molecule has 0 bridgehead atoms. The SMILES string of the molecule is COP(=O)(/C=C/[C@]1(CCl)CC(F)[C@H](n2ccc(N)nc2=O)O1)OC. The van der Waals surface area contributed by atoms with Gasteiger partial charge in [-0.2, -0.15) is 4.98 Å². The molecular weight excluding hydrogens is 364 g/mol. The van der Waals surface area contributed by atoms with E-state index in [1.54, 1.807) is 0 Å². The van der Waals surface area contributed by atoms with Gasteiger partial charge in [0.1, 0.15) is 17.6 Å². The third-order valence-corrected chi connectivity index (χ3v) is 5.61. The molecule has 1 aliphatic rings. The van der Waals surface area contributed by atoms with Gasteiger partial charge in [-0.15, -0.1) is 11.6 Å². The molecule has 0 amide bonds. The molecule has 0 saturated carbocycles. The molecule has 1 aliphatic heterocycles. The Hall–Kier alpha value is -1.25. The van der Waals surface area contributed by atoms with Crippen molar-refractivity contribution >= 4 is 25.0 Å². The summed E-state index contributed by atoms with van der Waals surface area (Å²) in [5, 5.41) is 0. The summed E-state index contributed by atoms with van der Waals surface area (Å²) < 4.78 is 42.8. The first-order valence-electron chi connectivity index (χ1n) is 6.92. The number of hydrogen-bond donors (Lipinski definition) is 1. The lowest BCUT2D eigenvalue weighted by molar-refractivity contribution is -0.0476. The van der Waals surface area contributed by atoms with E-state index in [-0.39, 0.29) is 18.1 Å². The molecule has 8 nitrogen and oxygen atoms in total. The summed E-state index contributed by atoms with van der Waals surface area (Å²) in [6, 6.07) is 1.36. The van der Waals surface area contributed by atoms with Crippen LogP contribution in [0.1, 0.15) is 12.6 Å². The van der Waals surface area contributed by atoms with Gasteiger partial charge in [-0.05, 0) is 12.1 Å². The fourth-order valence-corrected chi connectivity index (χ4v) is 3.41. The Morgan fingerprint density at radius 3 is 2.83 bits per heavy atom. The van der Waals surface area contributed by atoms with Crippen LogP contribution in [-0.2, 0) is 18.3 Å². The van der Waals surface area contributed by atoms with Gasteiger partial charge in [0.05, 0.1) is 5.88 Å². The van der Waals surface area contributed by atoms with E-state index >= 15 is 0 Å². The summed E-state index contributed by atoms with van der Waals surface area (Å²) in [5.74, 6) is 1.06.